The van der Waals surface area contributed by atoms with Crippen molar-refractivity contribution in [2.45, 2.75) is 6.54 Å². The Hall–Kier alpha value is -3.39. The van der Waals surface area contributed by atoms with E-state index >= 15 is 0 Å². The van der Waals surface area contributed by atoms with E-state index in [0.29, 0.717) is 18.8 Å². The van der Waals surface area contributed by atoms with Gasteiger partial charge in [-0.05, 0) is 32.3 Å². The summed E-state index contributed by atoms with van der Waals surface area (Å²) in [5.41, 5.74) is 1.35. The zero-order chi connectivity index (χ0) is 21.2. The number of hydrogen-bond donors (Lipinski definition) is 3. The van der Waals surface area contributed by atoms with E-state index in [9.17, 15) is 14.4 Å². The number of benzene rings is 2. The van der Waals surface area contributed by atoms with Crippen LogP contribution in [0.3, 0.4) is 0 Å². The second-order valence-corrected chi connectivity index (χ2v) is 6.55. The Morgan fingerprint density at radius 1 is 0.931 bits per heavy atom. The summed E-state index contributed by atoms with van der Waals surface area (Å²) in [7, 11) is 5.30. The first kappa shape index (κ1) is 21.9. The van der Waals surface area contributed by atoms with Gasteiger partial charge in [0, 0.05) is 25.2 Å². The molecule has 0 spiro atoms. The van der Waals surface area contributed by atoms with E-state index in [1.54, 1.807) is 31.4 Å². The molecule has 0 saturated heterocycles. The van der Waals surface area contributed by atoms with Crippen molar-refractivity contribution < 1.29 is 19.1 Å². The second-order valence-electron chi connectivity index (χ2n) is 6.55. The standard InChI is InChI=1S/C21H26N4O4/c1-25(2)13-12-22-20(27)21(28)24-17-10-6-5-9-16(17)19(26)23-14-15-8-4-7-11-18(15)29-3/h4-11H,12-14H2,1-3H3,(H,22,27)(H,23,26)(H,24,28). The lowest BCUT2D eigenvalue weighted by atomic mass is 10.1. The van der Waals surface area contributed by atoms with E-state index in [-0.39, 0.29) is 23.7 Å². The van der Waals surface area contributed by atoms with Crippen LogP contribution < -0.4 is 20.7 Å². The lowest BCUT2D eigenvalue weighted by Crippen LogP contribution is -2.39. The molecule has 154 valence electrons. The minimum absolute atomic E-state index is 0.260. The molecule has 0 fully saturated rings. The number of ether oxygens (including phenoxy) is 1. The third-order valence-electron chi connectivity index (χ3n) is 4.10. The van der Waals surface area contributed by atoms with E-state index in [2.05, 4.69) is 16.0 Å². The van der Waals surface area contributed by atoms with Crippen LogP contribution in [0.4, 0.5) is 5.69 Å². The fourth-order valence-electron chi connectivity index (χ4n) is 2.56. The molecule has 0 atom stereocenters. The zero-order valence-electron chi connectivity index (χ0n) is 16.8. The molecule has 29 heavy (non-hydrogen) atoms. The van der Waals surface area contributed by atoms with Crippen LogP contribution in [0.25, 0.3) is 0 Å². The lowest BCUT2D eigenvalue weighted by molar-refractivity contribution is -0.136. The Morgan fingerprint density at radius 2 is 1.62 bits per heavy atom. The molecule has 8 heteroatoms. The fourth-order valence-corrected chi connectivity index (χ4v) is 2.56. The third kappa shape index (κ3) is 6.62. The summed E-state index contributed by atoms with van der Waals surface area (Å²) in [6.45, 7) is 1.22. The molecule has 3 N–H and O–H groups in total. The van der Waals surface area contributed by atoms with Gasteiger partial charge < -0.3 is 25.6 Å². The predicted octanol–water partition coefficient (Wildman–Crippen LogP) is 1.24. The molecule has 0 aliphatic carbocycles. The van der Waals surface area contributed by atoms with Crippen molar-refractivity contribution >= 4 is 23.4 Å². The van der Waals surface area contributed by atoms with E-state index in [1.165, 1.54) is 0 Å². The van der Waals surface area contributed by atoms with Gasteiger partial charge in [0.25, 0.3) is 5.91 Å². The SMILES string of the molecule is COc1ccccc1CNC(=O)c1ccccc1NC(=O)C(=O)NCCN(C)C. The monoisotopic (exact) mass is 398 g/mol. The first-order chi connectivity index (χ1) is 13.9. The summed E-state index contributed by atoms with van der Waals surface area (Å²) in [6.07, 6.45) is 0. The number of nitrogens with zero attached hydrogens (tertiary/aromatic N) is 1. The maximum Gasteiger partial charge on any atom is 0.313 e. The van der Waals surface area contributed by atoms with Crippen molar-refractivity contribution in [2.75, 3.05) is 39.6 Å². The first-order valence-electron chi connectivity index (χ1n) is 9.15. The molecule has 0 unspecified atom stereocenters. The van der Waals surface area contributed by atoms with Gasteiger partial charge in [-0.15, -0.1) is 0 Å². The summed E-state index contributed by atoms with van der Waals surface area (Å²) in [5.74, 6) is -1.28. The maximum atomic E-state index is 12.6. The maximum absolute atomic E-state index is 12.6. The molecule has 2 aromatic rings. The number of hydrogen-bond acceptors (Lipinski definition) is 5. The van der Waals surface area contributed by atoms with Crippen LogP contribution in [0.15, 0.2) is 48.5 Å². The van der Waals surface area contributed by atoms with Crippen LogP contribution in [-0.2, 0) is 16.1 Å². The van der Waals surface area contributed by atoms with Gasteiger partial charge in [-0.25, -0.2) is 0 Å². The topological polar surface area (TPSA) is 99.8 Å². The molecule has 0 aliphatic heterocycles. The molecule has 8 nitrogen and oxygen atoms in total. The minimum atomic E-state index is -0.825. The van der Waals surface area contributed by atoms with Crippen LogP contribution in [-0.4, -0.2) is 56.9 Å². The van der Waals surface area contributed by atoms with Gasteiger partial charge in [-0.1, -0.05) is 30.3 Å². The third-order valence-corrected chi connectivity index (χ3v) is 4.10. The molecule has 2 aromatic carbocycles. The molecular weight excluding hydrogens is 372 g/mol. The van der Waals surface area contributed by atoms with Crippen molar-refractivity contribution in [3.05, 3.63) is 59.7 Å². The van der Waals surface area contributed by atoms with Crippen LogP contribution in [0, 0.1) is 0 Å². The lowest BCUT2D eigenvalue weighted by Gasteiger charge is -2.13. The van der Waals surface area contributed by atoms with E-state index in [0.717, 1.165) is 5.56 Å². The second kappa shape index (κ2) is 10.8. The Bertz CT molecular complexity index is 867. The number of carbonyl (C=O) groups is 3. The molecule has 2 rings (SSSR count). The van der Waals surface area contributed by atoms with Gasteiger partial charge in [0.2, 0.25) is 0 Å². The zero-order valence-corrected chi connectivity index (χ0v) is 16.8. The number of anilines is 1. The average molecular weight is 398 g/mol. The Kier molecular flexibility index (Phi) is 8.17. The molecular formula is C21H26N4O4. The number of methoxy groups -OCH3 is 1. The van der Waals surface area contributed by atoms with Crippen molar-refractivity contribution in [1.29, 1.82) is 0 Å². The van der Waals surface area contributed by atoms with Crippen LogP contribution >= 0.6 is 0 Å². The van der Waals surface area contributed by atoms with Crippen LogP contribution in [0.5, 0.6) is 5.75 Å². The Labute approximate surface area is 170 Å². The largest absolute Gasteiger partial charge is 0.496 e. The van der Waals surface area contributed by atoms with E-state index in [1.807, 2.05) is 43.3 Å². The molecule has 0 aliphatic rings. The number of rotatable bonds is 8. The van der Waals surface area contributed by atoms with Gasteiger partial charge in [-0.3, -0.25) is 14.4 Å². The molecule has 0 aromatic heterocycles. The van der Waals surface area contributed by atoms with Crippen molar-refractivity contribution in [1.82, 2.24) is 15.5 Å². The summed E-state index contributed by atoms with van der Waals surface area (Å²) in [5, 5.41) is 7.84. The van der Waals surface area contributed by atoms with Crippen molar-refractivity contribution in [2.24, 2.45) is 0 Å². The van der Waals surface area contributed by atoms with Gasteiger partial charge in [0.05, 0.1) is 18.4 Å². The van der Waals surface area contributed by atoms with Crippen molar-refractivity contribution in [3.63, 3.8) is 0 Å². The number of likely N-dealkylation sites (N-methyl/N-ethyl adjacent to an activating group) is 1. The highest BCUT2D eigenvalue weighted by atomic mass is 16.5. The quantitative estimate of drug-likeness (QED) is 0.581. The van der Waals surface area contributed by atoms with Gasteiger partial charge >= 0.3 is 11.8 Å². The Balaban J connectivity index is 2.01. The first-order valence-corrected chi connectivity index (χ1v) is 9.15. The summed E-state index contributed by atoms with van der Waals surface area (Å²) in [6, 6.07) is 13.9. The van der Waals surface area contributed by atoms with E-state index in [4.69, 9.17) is 4.74 Å². The molecule has 3 amide bonds. The number of carbonyl (C=O) groups excluding carboxylic acids is 3. The smallest absolute Gasteiger partial charge is 0.313 e. The molecule has 0 saturated carbocycles. The highest BCUT2D eigenvalue weighted by Crippen LogP contribution is 2.18. The molecule has 0 heterocycles. The highest BCUT2D eigenvalue weighted by Gasteiger charge is 2.17. The van der Waals surface area contributed by atoms with Gasteiger partial charge in [-0.2, -0.15) is 0 Å². The number of amides is 3. The summed E-state index contributed by atoms with van der Waals surface area (Å²) >= 11 is 0. The van der Waals surface area contributed by atoms with Crippen LogP contribution in [0.1, 0.15) is 15.9 Å². The summed E-state index contributed by atoms with van der Waals surface area (Å²) in [4.78, 5) is 38.6. The minimum Gasteiger partial charge on any atom is -0.496 e. The Morgan fingerprint density at radius 3 is 2.34 bits per heavy atom. The highest BCUT2D eigenvalue weighted by molar-refractivity contribution is 6.40. The predicted molar refractivity (Wildman–Crippen MR) is 111 cm³/mol. The number of nitrogens with one attached hydrogen (secondary N) is 3. The van der Waals surface area contributed by atoms with Gasteiger partial charge in [0.1, 0.15) is 5.75 Å². The van der Waals surface area contributed by atoms with Crippen LogP contribution in [0.2, 0.25) is 0 Å². The fraction of sp³-hybridized carbons (Fsp3) is 0.286. The molecule has 0 radical (unpaired) electrons. The summed E-state index contributed by atoms with van der Waals surface area (Å²) < 4.78 is 5.28. The van der Waals surface area contributed by atoms with Crippen molar-refractivity contribution in [3.8, 4) is 5.75 Å². The van der Waals surface area contributed by atoms with E-state index < -0.39 is 11.8 Å². The normalized spacial score (nSPS) is 10.3. The average Bonchev–Trinajstić information content (AvgIpc) is 2.72. The molecule has 0 bridgehead atoms. The van der Waals surface area contributed by atoms with Gasteiger partial charge in [0.15, 0.2) is 0 Å². The number of para-hydroxylation sites is 2.